The van der Waals surface area contributed by atoms with E-state index in [1.54, 1.807) is 29.4 Å². The monoisotopic (exact) mass is 375 g/mol. The van der Waals surface area contributed by atoms with Crippen molar-refractivity contribution in [1.29, 1.82) is 0 Å². The standard InChI is InChI=1S/C21H17N3O4/c1-12-2-3-13-10-24(19(26)15(13)6-12)11-21(8-18(25)23-20(21)27)17-7-14-9-22-5-4-16(14)28-17/h2-7,9H,8,10-11H2,1H3,(H,23,25,27)/t21-/m1/s1. The fourth-order valence-electron chi connectivity index (χ4n) is 4.10. The van der Waals surface area contributed by atoms with Crippen molar-refractivity contribution in [2.24, 2.45) is 0 Å². The lowest BCUT2D eigenvalue weighted by Gasteiger charge is -2.28. The average Bonchev–Trinajstić information content (AvgIpc) is 3.31. The van der Waals surface area contributed by atoms with Crippen molar-refractivity contribution >= 4 is 28.7 Å². The van der Waals surface area contributed by atoms with Gasteiger partial charge in [0, 0.05) is 36.4 Å². The van der Waals surface area contributed by atoms with Gasteiger partial charge >= 0.3 is 0 Å². The molecule has 0 radical (unpaired) electrons. The van der Waals surface area contributed by atoms with Crippen molar-refractivity contribution < 1.29 is 18.8 Å². The zero-order valence-electron chi connectivity index (χ0n) is 15.2. The number of carbonyl (C=O) groups is 3. The highest BCUT2D eigenvalue weighted by atomic mass is 16.3. The van der Waals surface area contributed by atoms with E-state index in [4.69, 9.17) is 4.42 Å². The summed E-state index contributed by atoms with van der Waals surface area (Å²) in [5.41, 5.74) is 1.91. The third-order valence-electron chi connectivity index (χ3n) is 5.54. The molecular weight excluding hydrogens is 358 g/mol. The van der Waals surface area contributed by atoms with Gasteiger partial charge in [-0.15, -0.1) is 0 Å². The van der Waals surface area contributed by atoms with Crippen LogP contribution in [0, 0.1) is 6.92 Å². The van der Waals surface area contributed by atoms with E-state index in [0.29, 0.717) is 23.5 Å². The van der Waals surface area contributed by atoms with Crippen molar-refractivity contribution in [1.82, 2.24) is 15.2 Å². The highest BCUT2D eigenvalue weighted by Gasteiger charge is 2.53. The number of hydrogen-bond acceptors (Lipinski definition) is 5. The Labute approximate surface area is 160 Å². The van der Waals surface area contributed by atoms with Crippen molar-refractivity contribution in [3.63, 3.8) is 0 Å². The highest BCUT2D eigenvalue weighted by molar-refractivity contribution is 6.10. The number of nitrogens with zero attached hydrogens (tertiary/aromatic N) is 2. The first kappa shape index (κ1) is 16.7. The highest BCUT2D eigenvalue weighted by Crippen LogP contribution is 2.38. The first-order valence-electron chi connectivity index (χ1n) is 9.03. The minimum absolute atomic E-state index is 0.0573. The molecular formula is C21H17N3O4. The van der Waals surface area contributed by atoms with Gasteiger partial charge in [0.05, 0.1) is 6.42 Å². The van der Waals surface area contributed by atoms with Crippen molar-refractivity contribution in [3.05, 3.63) is 65.2 Å². The second kappa shape index (κ2) is 5.76. The molecule has 0 saturated carbocycles. The number of carbonyl (C=O) groups excluding carboxylic acids is 3. The Morgan fingerprint density at radius 1 is 1.21 bits per heavy atom. The first-order valence-corrected chi connectivity index (χ1v) is 9.03. The third kappa shape index (κ3) is 2.36. The fourth-order valence-corrected chi connectivity index (χ4v) is 4.10. The van der Waals surface area contributed by atoms with Crippen LogP contribution in [0.15, 0.2) is 47.1 Å². The van der Waals surface area contributed by atoms with Gasteiger partial charge in [0.1, 0.15) is 16.8 Å². The molecule has 3 aromatic rings. The zero-order valence-corrected chi connectivity index (χ0v) is 15.2. The number of hydrogen-bond donors (Lipinski definition) is 1. The van der Waals surface area contributed by atoms with E-state index >= 15 is 0 Å². The lowest BCUT2D eigenvalue weighted by molar-refractivity contribution is -0.126. The Morgan fingerprint density at radius 3 is 2.82 bits per heavy atom. The van der Waals surface area contributed by atoms with Crippen LogP contribution < -0.4 is 5.32 Å². The van der Waals surface area contributed by atoms with Gasteiger partial charge < -0.3 is 9.32 Å². The number of benzene rings is 1. The molecule has 7 nitrogen and oxygen atoms in total. The lowest BCUT2D eigenvalue weighted by Crippen LogP contribution is -2.46. The Kier molecular flexibility index (Phi) is 3.43. The van der Waals surface area contributed by atoms with Gasteiger partial charge in [-0.2, -0.15) is 0 Å². The molecule has 1 saturated heterocycles. The van der Waals surface area contributed by atoms with Crippen LogP contribution in [0.3, 0.4) is 0 Å². The van der Waals surface area contributed by atoms with Gasteiger partial charge in [0.2, 0.25) is 11.8 Å². The lowest BCUT2D eigenvalue weighted by atomic mass is 9.82. The van der Waals surface area contributed by atoms with E-state index in [1.807, 2.05) is 25.1 Å². The number of pyridine rings is 1. The van der Waals surface area contributed by atoms with E-state index < -0.39 is 11.3 Å². The van der Waals surface area contributed by atoms with Gasteiger partial charge in [0.25, 0.3) is 5.91 Å². The maximum absolute atomic E-state index is 12.9. The van der Waals surface area contributed by atoms with E-state index in [2.05, 4.69) is 10.3 Å². The molecule has 2 aliphatic rings. The largest absolute Gasteiger partial charge is 0.460 e. The second-order valence-corrected chi connectivity index (χ2v) is 7.48. The molecule has 3 amide bonds. The van der Waals surface area contributed by atoms with Crippen molar-refractivity contribution in [2.45, 2.75) is 25.3 Å². The maximum atomic E-state index is 12.9. The molecule has 2 aliphatic heterocycles. The number of imide groups is 1. The maximum Gasteiger partial charge on any atom is 0.254 e. The van der Waals surface area contributed by atoms with Gasteiger partial charge in [-0.25, -0.2) is 0 Å². The van der Waals surface area contributed by atoms with Gasteiger partial charge in [0.15, 0.2) is 0 Å². The van der Waals surface area contributed by atoms with Crippen LogP contribution in [0.25, 0.3) is 11.0 Å². The predicted molar refractivity (Wildman–Crippen MR) is 99.4 cm³/mol. The molecule has 28 heavy (non-hydrogen) atoms. The van der Waals surface area contributed by atoms with Crippen molar-refractivity contribution in [2.75, 3.05) is 6.54 Å². The molecule has 1 fully saturated rings. The summed E-state index contributed by atoms with van der Waals surface area (Å²) in [6.45, 7) is 2.41. The molecule has 7 heteroatoms. The molecule has 1 aromatic carbocycles. The number of fused-ring (bicyclic) bond motifs is 2. The SMILES string of the molecule is Cc1ccc2c(c1)C(=O)N(C[C@@]1(c3cc4cnccc4o3)CC(=O)NC1=O)C2. The summed E-state index contributed by atoms with van der Waals surface area (Å²) < 4.78 is 5.92. The second-order valence-electron chi connectivity index (χ2n) is 7.48. The van der Waals surface area contributed by atoms with Crippen LogP contribution in [0.5, 0.6) is 0 Å². The zero-order chi connectivity index (χ0) is 19.5. The topological polar surface area (TPSA) is 92.5 Å². The van der Waals surface area contributed by atoms with Crippen LogP contribution in [0.1, 0.15) is 33.7 Å². The number of nitrogens with one attached hydrogen (secondary N) is 1. The molecule has 2 aromatic heterocycles. The van der Waals surface area contributed by atoms with Crippen molar-refractivity contribution in [3.8, 4) is 0 Å². The predicted octanol–water partition coefficient (Wildman–Crippen LogP) is 2.08. The summed E-state index contributed by atoms with van der Waals surface area (Å²) in [7, 11) is 0. The number of rotatable bonds is 3. The number of aromatic nitrogens is 1. The molecule has 1 atom stereocenters. The Morgan fingerprint density at radius 2 is 2.07 bits per heavy atom. The van der Waals surface area contributed by atoms with Crippen LogP contribution in [-0.2, 0) is 21.5 Å². The quantitative estimate of drug-likeness (QED) is 0.708. The van der Waals surface area contributed by atoms with Crippen LogP contribution >= 0.6 is 0 Å². The summed E-state index contributed by atoms with van der Waals surface area (Å²) in [6, 6.07) is 9.20. The molecule has 0 spiro atoms. The Hall–Kier alpha value is -3.48. The summed E-state index contributed by atoms with van der Waals surface area (Å²) >= 11 is 0. The van der Waals surface area contributed by atoms with Gasteiger partial charge in [-0.05, 0) is 30.7 Å². The molecule has 0 unspecified atom stereocenters. The first-order chi connectivity index (χ1) is 13.5. The number of furan rings is 1. The molecule has 5 rings (SSSR count). The van der Waals surface area contributed by atoms with E-state index in [1.165, 1.54) is 0 Å². The van der Waals surface area contributed by atoms with E-state index in [-0.39, 0.29) is 24.8 Å². The molecule has 0 aliphatic carbocycles. The fraction of sp³-hybridized carbons (Fsp3) is 0.238. The van der Waals surface area contributed by atoms with Crippen LogP contribution in [0.4, 0.5) is 0 Å². The summed E-state index contributed by atoms with van der Waals surface area (Å²) in [5.74, 6) is -0.574. The summed E-state index contributed by atoms with van der Waals surface area (Å²) in [4.78, 5) is 43.6. The average molecular weight is 375 g/mol. The molecule has 0 bridgehead atoms. The number of aryl methyl sites for hydroxylation is 1. The van der Waals surface area contributed by atoms with Crippen LogP contribution in [-0.4, -0.2) is 34.2 Å². The van der Waals surface area contributed by atoms with Gasteiger partial charge in [-0.1, -0.05) is 17.7 Å². The number of amides is 3. The van der Waals surface area contributed by atoms with Crippen LogP contribution in [0.2, 0.25) is 0 Å². The smallest absolute Gasteiger partial charge is 0.254 e. The molecule has 1 N–H and O–H groups in total. The van der Waals surface area contributed by atoms with E-state index in [0.717, 1.165) is 16.5 Å². The normalized spacial score (nSPS) is 21.5. The van der Waals surface area contributed by atoms with Gasteiger partial charge in [-0.3, -0.25) is 24.7 Å². The summed E-state index contributed by atoms with van der Waals surface area (Å²) in [6.07, 6.45) is 3.19. The molecule has 140 valence electrons. The Bertz CT molecular complexity index is 1130. The Balaban J connectivity index is 1.56. The minimum Gasteiger partial charge on any atom is -0.460 e. The van der Waals surface area contributed by atoms with E-state index in [9.17, 15) is 14.4 Å². The summed E-state index contributed by atoms with van der Waals surface area (Å²) in [5, 5.41) is 3.12. The minimum atomic E-state index is -1.25. The molecule has 4 heterocycles. The third-order valence-corrected chi connectivity index (χ3v) is 5.54.